The Morgan fingerprint density at radius 1 is 1.45 bits per heavy atom. The molecule has 2 rings (SSSR count). The molecule has 4 heteroatoms. The van der Waals surface area contributed by atoms with Crippen molar-refractivity contribution in [2.24, 2.45) is 11.1 Å². The number of benzene rings is 1. The van der Waals surface area contributed by atoms with Crippen LogP contribution in [0.25, 0.3) is 0 Å². The van der Waals surface area contributed by atoms with Crippen molar-refractivity contribution in [3.63, 3.8) is 0 Å². The third-order valence-corrected chi connectivity index (χ3v) is 3.76. The summed E-state index contributed by atoms with van der Waals surface area (Å²) in [6.07, 6.45) is 0.992. The molecule has 4 nitrogen and oxygen atoms in total. The molecule has 3 N–H and O–H groups in total. The van der Waals surface area contributed by atoms with Gasteiger partial charge in [-0.1, -0.05) is 39.0 Å². The van der Waals surface area contributed by atoms with E-state index in [0.29, 0.717) is 13.0 Å². The third-order valence-electron chi connectivity index (χ3n) is 3.76. The van der Waals surface area contributed by atoms with Crippen LogP contribution in [0.3, 0.4) is 0 Å². The standard InChI is InChI=1S/C16H24N2O2/c1-16(2,3)14(8-9-17)18-15(19)13-10-11-6-4-5-7-12(11)20-13/h4-7,13-14H,8-10,17H2,1-3H3,(H,18,19). The number of hydrogen-bond acceptors (Lipinski definition) is 3. The second-order valence-electron chi connectivity index (χ2n) is 6.42. The van der Waals surface area contributed by atoms with Gasteiger partial charge in [0.15, 0.2) is 6.10 Å². The average molecular weight is 276 g/mol. The van der Waals surface area contributed by atoms with Gasteiger partial charge < -0.3 is 15.8 Å². The van der Waals surface area contributed by atoms with Crippen molar-refractivity contribution in [3.05, 3.63) is 29.8 Å². The van der Waals surface area contributed by atoms with Crippen molar-refractivity contribution >= 4 is 5.91 Å². The lowest BCUT2D eigenvalue weighted by atomic mass is 9.84. The molecule has 0 spiro atoms. The molecule has 0 saturated carbocycles. The first kappa shape index (κ1) is 14.9. The predicted octanol–water partition coefficient (Wildman–Crippen LogP) is 1.87. The topological polar surface area (TPSA) is 64.3 Å². The van der Waals surface area contributed by atoms with E-state index in [9.17, 15) is 4.79 Å². The average Bonchev–Trinajstić information content (AvgIpc) is 2.80. The quantitative estimate of drug-likeness (QED) is 0.882. The molecule has 1 aliphatic heterocycles. The molecule has 1 aromatic carbocycles. The van der Waals surface area contributed by atoms with E-state index < -0.39 is 6.10 Å². The largest absolute Gasteiger partial charge is 0.480 e. The second kappa shape index (κ2) is 5.83. The molecule has 0 fully saturated rings. The van der Waals surface area contributed by atoms with Crippen LogP contribution in [0.15, 0.2) is 24.3 Å². The number of hydrogen-bond donors (Lipinski definition) is 2. The summed E-state index contributed by atoms with van der Waals surface area (Å²) in [5, 5.41) is 3.09. The van der Waals surface area contributed by atoms with Crippen LogP contribution in [-0.4, -0.2) is 24.6 Å². The van der Waals surface area contributed by atoms with E-state index in [1.165, 1.54) is 0 Å². The molecule has 0 bridgehead atoms. The van der Waals surface area contributed by atoms with Gasteiger partial charge in [0, 0.05) is 12.5 Å². The summed E-state index contributed by atoms with van der Waals surface area (Å²) in [6, 6.07) is 7.86. The number of carbonyl (C=O) groups is 1. The van der Waals surface area contributed by atoms with Gasteiger partial charge >= 0.3 is 0 Å². The normalized spacial score (nSPS) is 19.1. The fraction of sp³-hybridized carbons (Fsp3) is 0.562. The van der Waals surface area contributed by atoms with Crippen molar-refractivity contribution < 1.29 is 9.53 Å². The number of carbonyl (C=O) groups excluding carboxylic acids is 1. The lowest BCUT2D eigenvalue weighted by molar-refractivity contribution is -0.128. The van der Waals surface area contributed by atoms with Crippen LogP contribution in [-0.2, 0) is 11.2 Å². The van der Waals surface area contributed by atoms with Gasteiger partial charge in [0.05, 0.1) is 0 Å². The number of nitrogens with two attached hydrogens (primary N) is 1. The van der Waals surface area contributed by atoms with Crippen LogP contribution < -0.4 is 15.8 Å². The van der Waals surface area contributed by atoms with Crippen molar-refractivity contribution in [2.75, 3.05) is 6.54 Å². The Morgan fingerprint density at radius 3 is 2.75 bits per heavy atom. The van der Waals surface area contributed by atoms with Crippen molar-refractivity contribution in [2.45, 2.75) is 45.8 Å². The Morgan fingerprint density at radius 2 is 2.15 bits per heavy atom. The first-order valence-corrected chi connectivity index (χ1v) is 7.17. The van der Waals surface area contributed by atoms with Gasteiger partial charge in [0.1, 0.15) is 5.75 Å². The number of para-hydroxylation sites is 1. The monoisotopic (exact) mass is 276 g/mol. The summed E-state index contributed by atoms with van der Waals surface area (Å²) in [6.45, 7) is 6.89. The molecular formula is C16H24N2O2. The Bertz CT molecular complexity index is 455. The zero-order valence-electron chi connectivity index (χ0n) is 12.5. The number of rotatable bonds is 4. The van der Waals surface area contributed by atoms with Crippen LogP contribution in [0.4, 0.5) is 0 Å². The van der Waals surface area contributed by atoms with Gasteiger partial charge in [0.2, 0.25) is 0 Å². The van der Waals surface area contributed by atoms with E-state index in [0.717, 1.165) is 17.7 Å². The Balaban J connectivity index is 1.99. The maximum absolute atomic E-state index is 12.4. The molecule has 2 unspecified atom stereocenters. The molecule has 20 heavy (non-hydrogen) atoms. The van der Waals surface area contributed by atoms with Crippen LogP contribution in [0.5, 0.6) is 5.75 Å². The second-order valence-corrected chi connectivity index (χ2v) is 6.42. The summed E-state index contributed by atoms with van der Waals surface area (Å²) in [5.74, 6) is 0.772. The fourth-order valence-corrected chi connectivity index (χ4v) is 2.48. The van der Waals surface area contributed by atoms with E-state index >= 15 is 0 Å². The van der Waals surface area contributed by atoms with E-state index in [2.05, 4.69) is 26.1 Å². The highest BCUT2D eigenvalue weighted by Gasteiger charge is 2.32. The van der Waals surface area contributed by atoms with Crippen LogP contribution >= 0.6 is 0 Å². The highest BCUT2D eigenvalue weighted by molar-refractivity contribution is 5.82. The fourth-order valence-electron chi connectivity index (χ4n) is 2.48. The summed E-state index contributed by atoms with van der Waals surface area (Å²) >= 11 is 0. The lowest BCUT2D eigenvalue weighted by Gasteiger charge is -2.32. The predicted molar refractivity (Wildman–Crippen MR) is 79.6 cm³/mol. The highest BCUT2D eigenvalue weighted by atomic mass is 16.5. The Labute approximate surface area is 120 Å². The minimum Gasteiger partial charge on any atom is -0.480 e. The molecule has 0 aliphatic carbocycles. The first-order valence-electron chi connectivity index (χ1n) is 7.17. The maximum Gasteiger partial charge on any atom is 0.261 e. The van der Waals surface area contributed by atoms with Crippen LogP contribution in [0.2, 0.25) is 0 Å². The Hall–Kier alpha value is -1.55. The molecule has 0 saturated heterocycles. The lowest BCUT2D eigenvalue weighted by Crippen LogP contribution is -2.49. The number of fused-ring (bicyclic) bond motifs is 1. The zero-order chi connectivity index (χ0) is 14.8. The SMILES string of the molecule is CC(C)(C)C(CCN)NC(=O)C1Cc2ccccc2O1. The molecule has 1 amide bonds. The minimum absolute atomic E-state index is 0.0134. The summed E-state index contributed by atoms with van der Waals surface area (Å²) in [5.41, 5.74) is 6.72. The molecular weight excluding hydrogens is 252 g/mol. The number of ether oxygens (including phenoxy) is 1. The number of nitrogens with one attached hydrogen (secondary N) is 1. The van der Waals surface area contributed by atoms with E-state index in [1.54, 1.807) is 0 Å². The molecule has 0 radical (unpaired) electrons. The van der Waals surface area contributed by atoms with Gasteiger partial charge in [0.25, 0.3) is 5.91 Å². The molecule has 1 aromatic rings. The molecule has 110 valence electrons. The maximum atomic E-state index is 12.4. The van der Waals surface area contributed by atoms with Crippen molar-refractivity contribution in [3.8, 4) is 5.75 Å². The van der Waals surface area contributed by atoms with Gasteiger partial charge in [-0.05, 0) is 30.0 Å². The van der Waals surface area contributed by atoms with Crippen molar-refractivity contribution in [1.82, 2.24) is 5.32 Å². The van der Waals surface area contributed by atoms with Crippen LogP contribution in [0.1, 0.15) is 32.8 Å². The van der Waals surface area contributed by atoms with Gasteiger partial charge in [-0.2, -0.15) is 0 Å². The van der Waals surface area contributed by atoms with Gasteiger partial charge in [-0.25, -0.2) is 0 Å². The summed E-state index contributed by atoms with van der Waals surface area (Å²) in [4.78, 5) is 12.4. The van der Waals surface area contributed by atoms with Crippen LogP contribution in [0, 0.1) is 5.41 Å². The first-order chi connectivity index (χ1) is 9.41. The molecule has 1 heterocycles. The van der Waals surface area contributed by atoms with Gasteiger partial charge in [-0.3, -0.25) is 4.79 Å². The van der Waals surface area contributed by atoms with Gasteiger partial charge in [-0.15, -0.1) is 0 Å². The molecule has 2 atom stereocenters. The van der Waals surface area contributed by atoms with Crippen molar-refractivity contribution in [1.29, 1.82) is 0 Å². The number of amides is 1. The Kier molecular flexibility index (Phi) is 4.33. The highest BCUT2D eigenvalue weighted by Crippen LogP contribution is 2.29. The van der Waals surface area contributed by atoms with E-state index in [-0.39, 0.29) is 17.4 Å². The zero-order valence-corrected chi connectivity index (χ0v) is 12.5. The van der Waals surface area contributed by atoms with E-state index in [4.69, 9.17) is 10.5 Å². The molecule has 1 aliphatic rings. The smallest absolute Gasteiger partial charge is 0.261 e. The minimum atomic E-state index is -0.421. The third kappa shape index (κ3) is 3.31. The van der Waals surface area contributed by atoms with E-state index in [1.807, 2.05) is 24.3 Å². The summed E-state index contributed by atoms with van der Waals surface area (Å²) in [7, 11) is 0. The summed E-state index contributed by atoms with van der Waals surface area (Å²) < 4.78 is 5.72. The molecule has 0 aromatic heterocycles.